The van der Waals surface area contributed by atoms with Gasteiger partial charge in [0.15, 0.2) is 16.6 Å². The number of fused-ring (bicyclic) bond motifs is 5. The Hall–Kier alpha value is -2.25. The maximum Gasteiger partial charge on any atom is 0.197 e. The summed E-state index contributed by atoms with van der Waals surface area (Å²) in [6.45, 7) is 0. The van der Waals surface area contributed by atoms with E-state index in [1.807, 2.05) is 34.7 Å². The molecule has 5 rings (SSSR count). The maximum atomic E-state index is 12.3. The van der Waals surface area contributed by atoms with Crippen LogP contribution in [0, 0.1) is 0 Å². The molecular weight excluding hydrogens is 364 g/mol. The molecule has 7 heteroatoms. The molecule has 0 atom stereocenters. The first kappa shape index (κ1) is 16.0. The van der Waals surface area contributed by atoms with Gasteiger partial charge in [0.1, 0.15) is 11.2 Å². The zero-order valence-corrected chi connectivity index (χ0v) is 15.6. The fourth-order valence-corrected chi connectivity index (χ4v) is 5.49. The average Bonchev–Trinajstić information content (AvgIpc) is 3.27. The van der Waals surface area contributed by atoms with Gasteiger partial charge in [-0.05, 0) is 31.2 Å². The Balaban J connectivity index is 1.49. The lowest BCUT2D eigenvalue weighted by Crippen LogP contribution is -2.03. The van der Waals surface area contributed by atoms with E-state index >= 15 is 0 Å². The molecule has 1 aromatic carbocycles. The molecule has 130 valence electrons. The molecule has 0 unspecified atom stereocenters. The third-order valence-corrected chi connectivity index (χ3v) is 6.90. The maximum absolute atomic E-state index is 12.3. The van der Waals surface area contributed by atoms with Gasteiger partial charge < -0.3 is 0 Å². The summed E-state index contributed by atoms with van der Waals surface area (Å²) in [4.78, 5) is 19.5. The molecule has 0 bridgehead atoms. The van der Waals surface area contributed by atoms with Gasteiger partial charge in [-0.1, -0.05) is 42.1 Å². The summed E-state index contributed by atoms with van der Waals surface area (Å²) in [7, 11) is 0. The van der Waals surface area contributed by atoms with Gasteiger partial charge in [0.25, 0.3) is 0 Å². The number of aromatic nitrogens is 4. The molecule has 26 heavy (non-hydrogen) atoms. The minimum Gasteiger partial charge on any atom is -0.293 e. The van der Waals surface area contributed by atoms with Gasteiger partial charge in [-0.3, -0.25) is 9.20 Å². The topological polar surface area (TPSA) is 60.2 Å². The van der Waals surface area contributed by atoms with E-state index in [1.54, 1.807) is 17.7 Å². The van der Waals surface area contributed by atoms with E-state index in [0.29, 0.717) is 5.75 Å². The molecule has 0 N–H and O–H groups in total. The number of ketones is 1. The lowest BCUT2D eigenvalue weighted by Gasteiger charge is -2.10. The van der Waals surface area contributed by atoms with Crippen molar-refractivity contribution in [3.8, 4) is 0 Å². The van der Waals surface area contributed by atoms with Gasteiger partial charge in [0.2, 0.25) is 0 Å². The smallest absolute Gasteiger partial charge is 0.197 e. The van der Waals surface area contributed by atoms with Crippen molar-refractivity contribution in [2.75, 3.05) is 5.75 Å². The molecular formula is C19H16N4OS2. The lowest BCUT2D eigenvalue weighted by atomic mass is 9.97. The Morgan fingerprint density at radius 3 is 2.88 bits per heavy atom. The second kappa shape index (κ2) is 6.48. The molecule has 3 heterocycles. The summed E-state index contributed by atoms with van der Waals surface area (Å²) < 4.78 is 1.92. The van der Waals surface area contributed by atoms with Crippen molar-refractivity contribution in [2.24, 2.45) is 0 Å². The van der Waals surface area contributed by atoms with Crippen LogP contribution in [0.1, 0.15) is 33.6 Å². The van der Waals surface area contributed by atoms with E-state index in [9.17, 15) is 4.79 Å². The molecule has 0 spiro atoms. The molecule has 0 radical (unpaired) electrons. The largest absolute Gasteiger partial charge is 0.293 e. The molecule has 0 saturated carbocycles. The average molecular weight is 380 g/mol. The number of hydrogen-bond donors (Lipinski definition) is 0. The number of thiophene rings is 1. The highest BCUT2D eigenvalue weighted by molar-refractivity contribution is 7.99. The summed E-state index contributed by atoms with van der Waals surface area (Å²) >= 11 is 3.20. The van der Waals surface area contributed by atoms with Crippen LogP contribution < -0.4 is 0 Å². The second-order valence-corrected chi connectivity index (χ2v) is 8.42. The molecule has 4 aromatic rings. The van der Waals surface area contributed by atoms with Crippen LogP contribution in [0.25, 0.3) is 15.9 Å². The summed E-state index contributed by atoms with van der Waals surface area (Å²) in [6.07, 6.45) is 6.50. The van der Waals surface area contributed by atoms with Gasteiger partial charge in [0.05, 0.1) is 11.1 Å². The predicted octanol–water partition coefficient (Wildman–Crippen LogP) is 4.19. The van der Waals surface area contributed by atoms with E-state index in [0.717, 1.165) is 39.4 Å². The molecule has 0 aliphatic heterocycles. The van der Waals surface area contributed by atoms with Gasteiger partial charge >= 0.3 is 0 Å². The zero-order valence-electron chi connectivity index (χ0n) is 14.0. The van der Waals surface area contributed by atoms with Crippen LogP contribution >= 0.6 is 23.1 Å². The number of carbonyl (C=O) groups is 1. The third-order valence-electron chi connectivity index (χ3n) is 4.76. The highest BCUT2D eigenvalue weighted by Gasteiger charge is 2.21. The first-order valence-electron chi connectivity index (χ1n) is 8.66. The van der Waals surface area contributed by atoms with Gasteiger partial charge in [-0.2, -0.15) is 0 Å². The van der Waals surface area contributed by atoms with Crippen molar-refractivity contribution < 1.29 is 4.79 Å². The first-order chi connectivity index (χ1) is 12.8. The van der Waals surface area contributed by atoms with Crippen molar-refractivity contribution in [1.82, 2.24) is 19.6 Å². The monoisotopic (exact) mass is 380 g/mol. The van der Waals surface area contributed by atoms with E-state index in [1.165, 1.54) is 35.0 Å². The summed E-state index contributed by atoms with van der Waals surface area (Å²) in [5.74, 6) is 0.430. The van der Waals surface area contributed by atoms with Crippen molar-refractivity contribution in [2.45, 2.75) is 30.8 Å². The Morgan fingerprint density at radius 2 is 2.00 bits per heavy atom. The SMILES string of the molecule is O=C(CSc1nnc2c3c4c(sc3ncn12)CCCC4)c1ccccc1. The van der Waals surface area contributed by atoms with E-state index in [-0.39, 0.29) is 5.78 Å². The van der Waals surface area contributed by atoms with Crippen molar-refractivity contribution in [3.05, 3.63) is 52.7 Å². The van der Waals surface area contributed by atoms with Crippen molar-refractivity contribution in [1.29, 1.82) is 0 Å². The molecule has 1 aliphatic rings. The Kier molecular flexibility index (Phi) is 3.98. The molecule has 3 aromatic heterocycles. The Bertz CT molecular complexity index is 1120. The second-order valence-electron chi connectivity index (χ2n) is 6.39. The molecule has 1 aliphatic carbocycles. The van der Waals surface area contributed by atoms with Gasteiger partial charge in [0, 0.05) is 10.4 Å². The summed E-state index contributed by atoms with van der Waals surface area (Å²) in [5.41, 5.74) is 2.99. The number of nitrogens with zero attached hydrogens (tertiary/aromatic N) is 4. The lowest BCUT2D eigenvalue weighted by molar-refractivity contribution is 0.102. The summed E-state index contributed by atoms with van der Waals surface area (Å²) in [5, 5.41) is 10.6. The number of thioether (sulfide) groups is 1. The first-order valence-corrected chi connectivity index (χ1v) is 10.5. The number of aryl methyl sites for hydroxylation is 2. The predicted molar refractivity (Wildman–Crippen MR) is 104 cm³/mol. The Labute approximate surface area is 158 Å². The number of rotatable bonds is 4. The van der Waals surface area contributed by atoms with Crippen LogP contribution in [0.3, 0.4) is 0 Å². The minimum absolute atomic E-state index is 0.0919. The molecule has 0 saturated heterocycles. The van der Waals surface area contributed by atoms with E-state index < -0.39 is 0 Å². The van der Waals surface area contributed by atoms with Crippen molar-refractivity contribution >= 4 is 44.7 Å². The highest BCUT2D eigenvalue weighted by atomic mass is 32.2. The van der Waals surface area contributed by atoms with Crippen LogP contribution in [0.15, 0.2) is 41.8 Å². The van der Waals surface area contributed by atoms with Crippen LogP contribution in [0.2, 0.25) is 0 Å². The normalized spacial score (nSPS) is 14.0. The highest BCUT2D eigenvalue weighted by Crippen LogP contribution is 2.37. The molecule has 0 amide bonds. The van der Waals surface area contributed by atoms with Crippen LogP contribution in [-0.4, -0.2) is 31.1 Å². The quantitative estimate of drug-likeness (QED) is 0.392. The standard InChI is InChI=1S/C19H16N4OS2/c24-14(12-6-2-1-3-7-12)10-25-19-22-21-17-16-13-8-4-5-9-15(13)26-18(16)20-11-23(17)19/h1-3,6-7,11H,4-5,8-10H2. The third kappa shape index (κ3) is 2.62. The Morgan fingerprint density at radius 1 is 1.15 bits per heavy atom. The number of Topliss-reactive ketones (excluding diaryl/α,β-unsaturated/α-hetero) is 1. The minimum atomic E-state index is 0.0919. The summed E-state index contributed by atoms with van der Waals surface area (Å²) in [6, 6.07) is 9.35. The van der Waals surface area contributed by atoms with E-state index in [2.05, 4.69) is 15.2 Å². The number of benzene rings is 1. The van der Waals surface area contributed by atoms with Crippen LogP contribution in [-0.2, 0) is 12.8 Å². The van der Waals surface area contributed by atoms with E-state index in [4.69, 9.17) is 0 Å². The fraction of sp³-hybridized carbons (Fsp3) is 0.263. The van der Waals surface area contributed by atoms with Crippen molar-refractivity contribution in [3.63, 3.8) is 0 Å². The van der Waals surface area contributed by atoms with Gasteiger partial charge in [-0.15, -0.1) is 21.5 Å². The fourth-order valence-electron chi connectivity index (χ4n) is 3.47. The van der Waals surface area contributed by atoms with Crippen LogP contribution in [0.5, 0.6) is 0 Å². The van der Waals surface area contributed by atoms with Crippen LogP contribution in [0.4, 0.5) is 0 Å². The molecule has 5 nitrogen and oxygen atoms in total. The molecule has 0 fully saturated rings. The number of carbonyl (C=O) groups excluding carboxylic acids is 1. The number of hydrogen-bond acceptors (Lipinski definition) is 6. The zero-order chi connectivity index (χ0) is 17.5. The van der Waals surface area contributed by atoms with Gasteiger partial charge in [-0.25, -0.2) is 4.98 Å².